The quantitative estimate of drug-likeness (QED) is 0.899. The van der Waals surface area contributed by atoms with Crippen LogP contribution in [0, 0.1) is 5.82 Å². The second-order valence-corrected chi connectivity index (χ2v) is 5.75. The Morgan fingerprint density at radius 2 is 2.00 bits per heavy atom. The standard InChI is InChI=1S/C15H22FN3/c16-13-5-3-12(4-6-13)15(17)11-18-8-9-19-7-1-2-14(19)10-18/h3-6,14-15H,1-2,7-11,17H2. The molecule has 104 valence electrons. The summed E-state index contributed by atoms with van der Waals surface area (Å²) in [6.07, 6.45) is 2.66. The first-order valence-electron chi connectivity index (χ1n) is 7.20. The van der Waals surface area contributed by atoms with Gasteiger partial charge in [-0.05, 0) is 37.1 Å². The van der Waals surface area contributed by atoms with Gasteiger partial charge in [-0.25, -0.2) is 4.39 Å². The van der Waals surface area contributed by atoms with Crippen LogP contribution in [0.25, 0.3) is 0 Å². The number of benzene rings is 1. The molecule has 0 saturated carbocycles. The number of piperazine rings is 1. The zero-order valence-corrected chi connectivity index (χ0v) is 11.3. The van der Waals surface area contributed by atoms with Crippen molar-refractivity contribution in [2.45, 2.75) is 24.9 Å². The average molecular weight is 263 g/mol. The first-order chi connectivity index (χ1) is 9.22. The summed E-state index contributed by atoms with van der Waals surface area (Å²) in [6, 6.07) is 7.29. The van der Waals surface area contributed by atoms with Gasteiger partial charge in [-0.15, -0.1) is 0 Å². The Morgan fingerprint density at radius 3 is 2.79 bits per heavy atom. The van der Waals surface area contributed by atoms with E-state index in [4.69, 9.17) is 5.73 Å². The SMILES string of the molecule is NC(CN1CCN2CCCC2C1)c1ccc(F)cc1. The molecule has 19 heavy (non-hydrogen) atoms. The van der Waals surface area contributed by atoms with Crippen LogP contribution in [0.4, 0.5) is 4.39 Å². The molecule has 2 heterocycles. The Bertz CT molecular complexity index is 420. The molecule has 2 fully saturated rings. The van der Waals surface area contributed by atoms with Crippen molar-refractivity contribution in [3.63, 3.8) is 0 Å². The minimum atomic E-state index is -0.199. The van der Waals surface area contributed by atoms with Crippen LogP contribution in [0.1, 0.15) is 24.4 Å². The highest BCUT2D eigenvalue weighted by molar-refractivity contribution is 5.19. The average Bonchev–Trinajstić information content (AvgIpc) is 2.87. The molecule has 3 nitrogen and oxygen atoms in total. The van der Waals surface area contributed by atoms with Crippen LogP contribution in [-0.4, -0.2) is 48.6 Å². The Morgan fingerprint density at radius 1 is 1.21 bits per heavy atom. The maximum Gasteiger partial charge on any atom is 0.123 e. The summed E-state index contributed by atoms with van der Waals surface area (Å²) in [6.45, 7) is 5.54. The van der Waals surface area contributed by atoms with E-state index in [1.165, 1.54) is 38.1 Å². The first kappa shape index (κ1) is 13.0. The maximum atomic E-state index is 12.9. The van der Waals surface area contributed by atoms with E-state index in [0.29, 0.717) is 0 Å². The van der Waals surface area contributed by atoms with E-state index >= 15 is 0 Å². The molecule has 2 unspecified atom stereocenters. The Hall–Kier alpha value is -0.970. The van der Waals surface area contributed by atoms with Crippen molar-refractivity contribution in [3.8, 4) is 0 Å². The molecule has 2 aliphatic heterocycles. The van der Waals surface area contributed by atoms with Crippen molar-refractivity contribution in [2.24, 2.45) is 5.73 Å². The van der Waals surface area contributed by atoms with Crippen LogP contribution in [0.2, 0.25) is 0 Å². The molecule has 0 amide bonds. The molecule has 0 radical (unpaired) electrons. The minimum absolute atomic E-state index is 0.0199. The van der Waals surface area contributed by atoms with Gasteiger partial charge in [0.15, 0.2) is 0 Å². The number of halogens is 1. The molecule has 2 aliphatic rings. The van der Waals surface area contributed by atoms with Crippen LogP contribution in [-0.2, 0) is 0 Å². The van der Waals surface area contributed by atoms with E-state index in [0.717, 1.165) is 31.2 Å². The summed E-state index contributed by atoms with van der Waals surface area (Å²) in [5.74, 6) is -0.199. The minimum Gasteiger partial charge on any atom is -0.323 e. The second kappa shape index (κ2) is 5.57. The lowest BCUT2D eigenvalue weighted by atomic mass is 10.1. The zero-order chi connectivity index (χ0) is 13.2. The van der Waals surface area contributed by atoms with E-state index in [2.05, 4.69) is 9.80 Å². The third-order valence-electron chi connectivity index (χ3n) is 4.42. The highest BCUT2D eigenvalue weighted by Crippen LogP contribution is 2.22. The highest BCUT2D eigenvalue weighted by Gasteiger charge is 2.30. The highest BCUT2D eigenvalue weighted by atomic mass is 19.1. The fourth-order valence-electron chi connectivity index (χ4n) is 3.31. The van der Waals surface area contributed by atoms with E-state index in [1.54, 1.807) is 12.1 Å². The fourth-order valence-corrected chi connectivity index (χ4v) is 3.31. The number of rotatable bonds is 3. The first-order valence-corrected chi connectivity index (χ1v) is 7.20. The van der Waals surface area contributed by atoms with Crippen molar-refractivity contribution >= 4 is 0 Å². The van der Waals surface area contributed by atoms with Gasteiger partial charge in [0.05, 0.1) is 0 Å². The van der Waals surface area contributed by atoms with Crippen molar-refractivity contribution in [1.82, 2.24) is 9.80 Å². The lowest BCUT2D eigenvalue weighted by Gasteiger charge is -2.38. The van der Waals surface area contributed by atoms with E-state index in [-0.39, 0.29) is 11.9 Å². The van der Waals surface area contributed by atoms with Crippen molar-refractivity contribution in [2.75, 3.05) is 32.7 Å². The Kier molecular flexibility index (Phi) is 3.82. The molecule has 0 spiro atoms. The van der Waals surface area contributed by atoms with Crippen LogP contribution in [0.3, 0.4) is 0 Å². The molecular weight excluding hydrogens is 241 g/mol. The lowest BCUT2D eigenvalue weighted by Crippen LogP contribution is -2.51. The number of hydrogen-bond donors (Lipinski definition) is 1. The van der Waals surface area contributed by atoms with Crippen LogP contribution in [0.15, 0.2) is 24.3 Å². The van der Waals surface area contributed by atoms with Gasteiger partial charge in [-0.2, -0.15) is 0 Å². The third kappa shape index (κ3) is 2.96. The van der Waals surface area contributed by atoms with Gasteiger partial charge in [0.25, 0.3) is 0 Å². The summed E-state index contributed by atoms with van der Waals surface area (Å²) >= 11 is 0. The number of hydrogen-bond acceptors (Lipinski definition) is 3. The topological polar surface area (TPSA) is 32.5 Å². The van der Waals surface area contributed by atoms with Crippen molar-refractivity contribution in [3.05, 3.63) is 35.6 Å². The Balaban J connectivity index is 1.57. The molecule has 0 aromatic heterocycles. The summed E-state index contributed by atoms with van der Waals surface area (Å²) in [5.41, 5.74) is 7.26. The van der Waals surface area contributed by atoms with Gasteiger partial charge >= 0.3 is 0 Å². The van der Waals surface area contributed by atoms with Gasteiger partial charge in [-0.1, -0.05) is 12.1 Å². The smallest absolute Gasteiger partial charge is 0.123 e. The molecule has 2 atom stereocenters. The van der Waals surface area contributed by atoms with Gasteiger partial charge in [0.2, 0.25) is 0 Å². The molecule has 3 rings (SSSR count). The molecule has 1 aromatic carbocycles. The van der Waals surface area contributed by atoms with Gasteiger partial charge < -0.3 is 5.73 Å². The largest absolute Gasteiger partial charge is 0.323 e. The molecule has 0 aliphatic carbocycles. The molecule has 2 saturated heterocycles. The zero-order valence-electron chi connectivity index (χ0n) is 11.3. The monoisotopic (exact) mass is 263 g/mol. The number of nitrogens with two attached hydrogens (primary N) is 1. The van der Waals surface area contributed by atoms with E-state index in [9.17, 15) is 4.39 Å². The molecule has 0 bridgehead atoms. The van der Waals surface area contributed by atoms with Gasteiger partial charge in [0, 0.05) is 38.3 Å². The fraction of sp³-hybridized carbons (Fsp3) is 0.600. The van der Waals surface area contributed by atoms with Gasteiger partial charge in [0.1, 0.15) is 5.82 Å². The Labute approximate surface area is 114 Å². The predicted molar refractivity (Wildman–Crippen MR) is 74.4 cm³/mol. The second-order valence-electron chi connectivity index (χ2n) is 5.75. The molecule has 4 heteroatoms. The lowest BCUT2D eigenvalue weighted by molar-refractivity contribution is 0.0998. The molecular formula is C15H22FN3. The summed E-state index contributed by atoms with van der Waals surface area (Å²) in [4.78, 5) is 5.06. The molecule has 1 aromatic rings. The van der Waals surface area contributed by atoms with Crippen molar-refractivity contribution in [1.29, 1.82) is 0 Å². The molecule has 2 N–H and O–H groups in total. The van der Waals surface area contributed by atoms with Crippen molar-refractivity contribution < 1.29 is 4.39 Å². The van der Waals surface area contributed by atoms with Crippen LogP contribution in [0.5, 0.6) is 0 Å². The van der Waals surface area contributed by atoms with E-state index < -0.39 is 0 Å². The van der Waals surface area contributed by atoms with Gasteiger partial charge in [-0.3, -0.25) is 9.80 Å². The van der Waals surface area contributed by atoms with Crippen LogP contribution >= 0.6 is 0 Å². The summed E-state index contributed by atoms with van der Waals surface area (Å²) < 4.78 is 12.9. The third-order valence-corrected chi connectivity index (χ3v) is 4.42. The number of nitrogens with zero attached hydrogens (tertiary/aromatic N) is 2. The maximum absolute atomic E-state index is 12.9. The normalized spacial score (nSPS) is 26.3. The number of fused-ring (bicyclic) bond motifs is 1. The summed E-state index contributed by atoms with van der Waals surface area (Å²) in [7, 11) is 0. The summed E-state index contributed by atoms with van der Waals surface area (Å²) in [5, 5.41) is 0. The predicted octanol–water partition coefficient (Wildman–Crippen LogP) is 1.61. The van der Waals surface area contributed by atoms with Crippen LogP contribution < -0.4 is 5.73 Å². The van der Waals surface area contributed by atoms with E-state index in [1.807, 2.05) is 0 Å².